The van der Waals surface area contributed by atoms with Crippen LogP contribution in [0.2, 0.25) is 0 Å². The topological polar surface area (TPSA) is 68.7 Å². The van der Waals surface area contributed by atoms with Crippen molar-refractivity contribution in [2.45, 2.75) is 6.29 Å². The van der Waals surface area contributed by atoms with Crippen LogP contribution in [0.3, 0.4) is 0 Å². The molecule has 14 heavy (non-hydrogen) atoms. The van der Waals surface area contributed by atoms with Crippen LogP contribution in [-0.2, 0) is 9.47 Å². The number of aromatic nitrogens is 1. The first-order valence-electron chi connectivity index (χ1n) is 3.94. The summed E-state index contributed by atoms with van der Waals surface area (Å²) in [6.07, 6.45) is 0.745. The standard InChI is InChI=1S/C9H11NO4/c1-13-9(14-2)7-6(8(11)12)4-3-5-10-7/h3-5,9H,1-2H3,(H,11,12). The fourth-order valence-corrected chi connectivity index (χ4v) is 1.11. The Morgan fingerprint density at radius 3 is 2.64 bits per heavy atom. The lowest BCUT2D eigenvalue weighted by Gasteiger charge is -2.14. The Labute approximate surface area is 81.3 Å². The summed E-state index contributed by atoms with van der Waals surface area (Å²) < 4.78 is 9.86. The molecule has 0 fully saturated rings. The van der Waals surface area contributed by atoms with Gasteiger partial charge in [0.15, 0.2) is 0 Å². The Hall–Kier alpha value is -1.46. The molecule has 1 N–H and O–H groups in total. The van der Waals surface area contributed by atoms with Crippen LogP contribution in [0.15, 0.2) is 18.3 Å². The number of hydrogen-bond acceptors (Lipinski definition) is 4. The summed E-state index contributed by atoms with van der Waals surface area (Å²) in [5, 5.41) is 8.85. The minimum atomic E-state index is -1.05. The number of rotatable bonds is 4. The Balaban J connectivity index is 3.11. The first-order chi connectivity index (χ1) is 6.70. The van der Waals surface area contributed by atoms with Crippen LogP contribution in [0.25, 0.3) is 0 Å². The van der Waals surface area contributed by atoms with Gasteiger partial charge in [-0.05, 0) is 12.1 Å². The summed E-state index contributed by atoms with van der Waals surface area (Å²) in [6.45, 7) is 0. The third-order valence-corrected chi connectivity index (χ3v) is 1.72. The zero-order valence-electron chi connectivity index (χ0n) is 7.93. The predicted octanol–water partition coefficient (Wildman–Crippen LogP) is 1.07. The van der Waals surface area contributed by atoms with Gasteiger partial charge in [0, 0.05) is 20.4 Å². The second-order valence-corrected chi connectivity index (χ2v) is 2.54. The number of pyridine rings is 1. The summed E-state index contributed by atoms with van der Waals surface area (Å²) in [4.78, 5) is 14.7. The Bertz CT molecular complexity index is 322. The molecule has 1 aromatic rings. The zero-order chi connectivity index (χ0) is 10.6. The summed E-state index contributed by atoms with van der Waals surface area (Å²) in [5.74, 6) is -1.05. The van der Waals surface area contributed by atoms with E-state index in [9.17, 15) is 4.79 Å². The van der Waals surface area contributed by atoms with Gasteiger partial charge in [0.2, 0.25) is 6.29 Å². The van der Waals surface area contributed by atoms with E-state index in [2.05, 4.69) is 4.98 Å². The highest BCUT2D eigenvalue weighted by molar-refractivity contribution is 5.88. The number of carboxylic acids is 1. The van der Waals surface area contributed by atoms with E-state index in [-0.39, 0.29) is 11.3 Å². The van der Waals surface area contributed by atoms with Crippen LogP contribution >= 0.6 is 0 Å². The highest BCUT2D eigenvalue weighted by atomic mass is 16.7. The molecule has 0 unspecified atom stereocenters. The summed E-state index contributed by atoms with van der Waals surface area (Å²) in [5.41, 5.74) is 0.353. The lowest BCUT2D eigenvalue weighted by Crippen LogP contribution is -2.12. The molecular weight excluding hydrogens is 186 g/mol. The zero-order valence-corrected chi connectivity index (χ0v) is 7.93. The monoisotopic (exact) mass is 197 g/mol. The normalized spacial score (nSPS) is 10.5. The van der Waals surface area contributed by atoms with Crippen LogP contribution < -0.4 is 0 Å². The van der Waals surface area contributed by atoms with Gasteiger partial charge in [0.05, 0.1) is 5.56 Å². The van der Waals surface area contributed by atoms with Gasteiger partial charge in [-0.3, -0.25) is 4.98 Å². The molecule has 0 spiro atoms. The van der Waals surface area contributed by atoms with Crippen molar-refractivity contribution in [3.8, 4) is 0 Å². The van der Waals surface area contributed by atoms with Crippen LogP contribution in [0.5, 0.6) is 0 Å². The van der Waals surface area contributed by atoms with Gasteiger partial charge >= 0.3 is 5.97 Å². The average Bonchev–Trinajstić information content (AvgIpc) is 2.20. The molecule has 76 valence electrons. The smallest absolute Gasteiger partial charge is 0.337 e. The van der Waals surface area contributed by atoms with E-state index in [1.807, 2.05) is 0 Å². The minimum Gasteiger partial charge on any atom is -0.478 e. The highest BCUT2D eigenvalue weighted by Gasteiger charge is 2.19. The van der Waals surface area contributed by atoms with E-state index in [0.29, 0.717) is 0 Å². The van der Waals surface area contributed by atoms with Crippen molar-refractivity contribution in [3.05, 3.63) is 29.6 Å². The number of carboxylic acid groups (broad SMARTS) is 1. The number of carbonyl (C=O) groups is 1. The van der Waals surface area contributed by atoms with Gasteiger partial charge in [-0.25, -0.2) is 4.79 Å². The molecular formula is C9H11NO4. The molecule has 0 saturated carbocycles. The van der Waals surface area contributed by atoms with Crippen LogP contribution in [0, 0.1) is 0 Å². The number of nitrogens with zero attached hydrogens (tertiary/aromatic N) is 1. The van der Waals surface area contributed by atoms with Crippen molar-refractivity contribution in [1.82, 2.24) is 4.98 Å². The maximum Gasteiger partial charge on any atom is 0.337 e. The Kier molecular flexibility index (Phi) is 3.55. The third-order valence-electron chi connectivity index (χ3n) is 1.72. The summed E-state index contributed by atoms with van der Waals surface area (Å²) in [6, 6.07) is 3.00. The minimum absolute atomic E-state index is 0.0844. The van der Waals surface area contributed by atoms with Crippen molar-refractivity contribution >= 4 is 5.97 Å². The second kappa shape index (κ2) is 4.69. The van der Waals surface area contributed by atoms with Crippen molar-refractivity contribution in [2.75, 3.05) is 14.2 Å². The SMILES string of the molecule is COC(OC)c1ncccc1C(=O)O. The molecule has 5 nitrogen and oxygen atoms in total. The van der Waals surface area contributed by atoms with Crippen molar-refractivity contribution in [1.29, 1.82) is 0 Å². The van der Waals surface area contributed by atoms with E-state index in [4.69, 9.17) is 14.6 Å². The fraction of sp³-hybridized carbons (Fsp3) is 0.333. The molecule has 1 heterocycles. The van der Waals surface area contributed by atoms with Crippen LogP contribution in [-0.4, -0.2) is 30.3 Å². The average molecular weight is 197 g/mol. The van der Waals surface area contributed by atoms with E-state index >= 15 is 0 Å². The molecule has 0 atom stereocenters. The number of hydrogen-bond donors (Lipinski definition) is 1. The van der Waals surface area contributed by atoms with Crippen molar-refractivity contribution < 1.29 is 19.4 Å². The first kappa shape index (κ1) is 10.6. The first-order valence-corrected chi connectivity index (χ1v) is 3.94. The maximum atomic E-state index is 10.8. The fourth-order valence-electron chi connectivity index (χ4n) is 1.11. The third kappa shape index (κ3) is 2.07. The van der Waals surface area contributed by atoms with E-state index < -0.39 is 12.3 Å². The predicted molar refractivity (Wildman–Crippen MR) is 48.0 cm³/mol. The van der Waals surface area contributed by atoms with E-state index in [1.165, 1.54) is 26.5 Å². The molecule has 0 aromatic carbocycles. The summed E-state index contributed by atoms with van der Waals surface area (Å²) in [7, 11) is 2.85. The molecule has 1 aromatic heterocycles. The number of aromatic carboxylic acids is 1. The van der Waals surface area contributed by atoms with Gasteiger partial charge in [0.25, 0.3) is 0 Å². The van der Waals surface area contributed by atoms with Crippen LogP contribution in [0.1, 0.15) is 22.3 Å². The van der Waals surface area contributed by atoms with Crippen molar-refractivity contribution in [3.63, 3.8) is 0 Å². The number of methoxy groups -OCH3 is 2. The lowest BCUT2D eigenvalue weighted by molar-refractivity contribution is -0.109. The Morgan fingerprint density at radius 2 is 2.14 bits per heavy atom. The van der Waals surface area contributed by atoms with E-state index in [1.54, 1.807) is 6.07 Å². The van der Waals surface area contributed by atoms with Gasteiger partial charge in [-0.2, -0.15) is 0 Å². The quantitative estimate of drug-likeness (QED) is 0.731. The molecule has 0 aliphatic rings. The highest BCUT2D eigenvalue weighted by Crippen LogP contribution is 2.18. The van der Waals surface area contributed by atoms with Crippen LogP contribution in [0.4, 0.5) is 0 Å². The lowest BCUT2D eigenvalue weighted by atomic mass is 10.2. The molecule has 0 amide bonds. The van der Waals surface area contributed by atoms with Crippen molar-refractivity contribution in [2.24, 2.45) is 0 Å². The largest absolute Gasteiger partial charge is 0.478 e. The van der Waals surface area contributed by atoms with Gasteiger partial charge in [-0.15, -0.1) is 0 Å². The number of ether oxygens (including phenoxy) is 2. The molecule has 0 saturated heterocycles. The van der Waals surface area contributed by atoms with Gasteiger partial charge in [0.1, 0.15) is 5.69 Å². The maximum absolute atomic E-state index is 10.8. The second-order valence-electron chi connectivity index (χ2n) is 2.54. The molecule has 0 radical (unpaired) electrons. The van der Waals surface area contributed by atoms with Gasteiger partial charge < -0.3 is 14.6 Å². The molecule has 0 aliphatic heterocycles. The molecule has 1 rings (SSSR count). The molecule has 0 bridgehead atoms. The molecule has 5 heteroatoms. The van der Waals surface area contributed by atoms with Gasteiger partial charge in [-0.1, -0.05) is 0 Å². The van der Waals surface area contributed by atoms with E-state index in [0.717, 1.165) is 0 Å². The summed E-state index contributed by atoms with van der Waals surface area (Å²) >= 11 is 0. The molecule has 0 aliphatic carbocycles. The Morgan fingerprint density at radius 1 is 1.50 bits per heavy atom.